The van der Waals surface area contributed by atoms with E-state index in [1.54, 1.807) is 11.8 Å². The van der Waals surface area contributed by atoms with Crippen LogP contribution in [-0.4, -0.2) is 11.5 Å². The fourth-order valence-corrected chi connectivity index (χ4v) is 3.07. The molecule has 0 aromatic heterocycles. The predicted octanol–water partition coefficient (Wildman–Crippen LogP) is 3.20. The summed E-state index contributed by atoms with van der Waals surface area (Å²) in [5.74, 6) is 1.33. The Morgan fingerprint density at radius 3 is 2.92 bits per heavy atom. The molecule has 1 fully saturated rings. The first-order chi connectivity index (χ1) is 6.27. The van der Waals surface area contributed by atoms with Crippen molar-refractivity contribution in [3.63, 3.8) is 0 Å². The molecule has 1 nitrogen and oxygen atoms in total. The first-order valence-electron chi connectivity index (χ1n) is 4.17. The third-order valence-corrected chi connectivity index (χ3v) is 3.88. The van der Waals surface area contributed by atoms with E-state index in [0.29, 0.717) is 5.78 Å². The van der Waals surface area contributed by atoms with Crippen molar-refractivity contribution in [3.8, 4) is 0 Å². The number of thioether (sulfide) groups is 1. The van der Waals surface area contributed by atoms with Gasteiger partial charge in [-0.2, -0.15) is 0 Å². The third-order valence-electron chi connectivity index (χ3n) is 2.08. The maximum atomic E-state index is 11.4. The van der Waals surface area contributed by atoms with E-state index in [1.165, 1.54) is 0 Å². The Bertz CT molecular complexity index is 337. The average molecular weight is 257 g/mol. The van der Waals surface area contributed by atoms with Gasteiger partial charge in [0.1, 0.15) is 0 Å². The Kier molecular flexibility index (Phi) is 2.74. The van der Waals surface area contributed by atoms with E-state index in [0.717, 1.165) is 22.2 Å². The lowest BCUT2D eigenvalue weighted by molar-refractivity contribution is -0.117. The summed E-state index contributed by atoms with van der Waals surface area (Å²) in [6, 6.07) is 8.01. The molecule has 68 valence electrons. The molecular formula is C10H9BrOS. The van der Waals surface area contributed by atoms with Crippen LogP contribution in [0.15, 0.2) is 28.7 Å². The molecule has 1 saturated heterocycles. The van der Waals surface area contributed by atoms with Crippen LogP contribution >= 0.6 is 27.7 Å². The zero-order chi connectivity index (χ0) is 9.26. The summed E-state index contributed by atoms with van der Waals surface area (Å²) < 4.78 is 1.05. The molecule has 1 aliphatic rings. The van der Waals surface area contributed by atoms with Crippen molar-refractivity contribution in [1.29, 1.82) is 0 Å². The SMILES string of the molecule is O=C1CCSC1c1cccc(Br)c1. The van der Waals surface area contributed by atoms with E-state index in [2.05, 4.69) is 15.9 Å². The zero-order valence-corrected chi connectivity index (χ0v) is 9.40. The molecule has 0 radical (unpaired) electrons. The highest BCUT2D eigenvalue weighted by Gasteiger charge is 2.26. The number of rotatable bonds is 1. The molecule has 1 atom stereocenters. The number of carbonyl (C=O) groups excluding carboxylic acids is 1. The van der Waals surface area contributed by atoms with Crippen molar-refractivity contribution in [2.24, 2.45) is 0 Å². The fourth-order valence-electron chi connectivity index (χ4n) is 1.45. The molecule has 1 heterocycles. The fraction of sp³-hybridized carbons (Fsp3) is 0.300. The Hall–Kier alpha value is -0.280. The highest BCUT2D eigenvalue weighted by atomic mass is 79.9. The van der Waals surface area contributed by atoms with Crippen LogP contribution < -0.4 is 0 Å². The lowest BCUT2D eigenvalue weighted by atomic mass is 10.1. The molecule has 3 heteroatoms. The quantitative estimate of drug-likeness (QED) is 0.768. The van der Waals surface area contributed by atoms with Crippen LogP contribution in [0.5, 0.6) is 0 Å². The Balaban J connectivity index is 2.29. The molecule has 1 unspecified atom stereocenters. The summed E-state index contributed by atoms with van der Waals surface area (Å²) in [7, 11) is 0. The Morgan fingerprint density at radius 1 is 1.46 bits per heavy atom. The Morgan fingerprint density at radius 2 is 2.31 bits per heavy atom. The number of ketones is 1. The molecule has 0 saturated carbocycles. The highest BCUT2D eigenvalue weighted by Crippen LogP contribution is 2.37. The summed E-state index contributed by atoms with van der Waals surface area (Å²) in [4.78, 5) is 11.4. The highest BCUT2D eigenvalue weighted by molar-refractivity contribution is 9.10. The van der Waals surface area contributed by atoms with Crippen molar-refractivity contribution in [2.45, 2.75) is 11.7 Å². The minimum Gasteiger partial charge on any atom is -0.298 e. The second kappa shape index (κ2) is 3.84. The molecule has 1 aliphatic heterocycles. The number of Topliss-reactive ketones (excluding diaryl/α,β-unsaturated/α-hetero) is 1. The van der Waals surface area contributed by atoms with Gasteiger partial charge in [-0.25, -0.2) is 0 Å². The maximum Gasteiger partial charge on any atom is 0.151 e. The van der Waals surface area contributed by atoms with Gasteiger partial charge >= 0.3 is 0 Å². The van der Waals surface area contributed by atoms with Crippen LogP contribution in [-0.2, 0) is 4.79 Å². The van der Waals surface area contributed by atoms with Crippen LogP contribution in [0.4, 0.5) is 0 Å². The summed E-state index contributed by atoms with van der Waals surface area (Å²) in [5, 5.41) is 0.0810. The minimum atomic E-state index is 0.0810. The summed E-state index contributed by atoms with van der Waals surface area (Å²) in [6.45, 7) is 0. The molecule has 0 N–H and O–H groups in total. The normalized spacial score (nSPS) is 22.2. The lowest BCUT2D eigenvalue weighted by Crippen LogP contribution is -2.01. The van der Waals surface area contributed by atoms with Gasteiger partial charge in [0, 0.05) is 16.6 Å². The molecule has 0 spiro atoms. The van der Waals surface area contributed by atoms with Gasteiger partial charge in [0.25, 0.3) is 0 Å². The number of hydrogen-bond donors (Lipinski definition) is 0. The molecule has 1 aromatic carbocycles. The second-order valence-electron chi connectivity index (χ2n) is 3.02. The first kappa shape index (κ1) is 9.28. The van der Waals surface area contributed by atoms with Crippen molar-refractivity contribution in [3.05, 3.63) is 34.3 Å². The van der Waals surface area contributed by atoms with Crippen LogP contribution in [0.2, 0.25) is 0 Å². The van der Waals surface area contributed by atoms with E-state index >= 15 is 0 Å². The van der Waals surface area contributed by atoms with Crippen LogP contribution in [0.1, 0.15) is 17.2 Å². The van der Waals surface area contributed by atoms with Gasteiger partial charge in [-0.1, -0.05) is 28.1 Å². The topological polar surface area (TPSA) is 17.1 Å². The number of hydrogen-bond acceptors (Lipinski definition) is 2. The molecule has 1 aromatic rings. The molecule has 2 rings (SSSR count). The minimum absolute atomic E-state index is 0.0810. The van der Waals surface area contributed by atoms with Gasteiger partial charge in [0.2, 0.25) is 0 Å². The number of halogens is 1. The van der Waals surface area contributed by atoms with Crippen LogP contribution in [0, 0.1) is 0 Å². The van der Waals surface area contributed by atoms with E-state index in [1.807, 2.05) is 24.3 Å². The first-order valence-corrected chi connectivity index (χ1v) is 6.01. The standard InChI is InChI=1S/C10H9BrOS/c11-8-3-1-2-7(6-8)10-9(12)4-5-13-10/h1-3,6,10H,4-5H2. The van der Waals surface area contributed by atoms with Crippen LogP contribution in [0.3, 0.4) is 0 Å². The van der Waals surface area contributed by atoms with Crippen molar-refractivity contribution in [2.75, 3.05) is 5.75 Å². The predicted molar refractivity (Wildman–Crippen MR) is 59.0 cm³/mol. The van der Waals surface area contributed by atoms with E-state index in [4.69, 9.17) is 0 Å². The van der Waals surface area contributed by atoms with Gasteiger partial charge in [0.05, 0.1) is 5.25 Å². The van der Waals surface area contributed by atoms with Crippen molar-refractivity contribution in [1.82, 2.24) is 0 Å². The van der Waals surface area contributed by atoms with E-state index in [9.17, 15) is 4.79 Å². The van der Waals surface area contributed by atoms with Gasteiger partial charge in [-0.15, -0.1) is 11.8 Å². The second-order valence-corrected chi connectivity index (χ2v) is 5.15. The summed E-state index contributed by atoms with van der Waals surface area (Å²) in [5.41, 5.74) is 1.13. The number of benzene rings is 1. The molecule has 0 aliphatic carbocycles. The monoisotopic (exact) mass is 256 g/mol. The molecule has 0 bridgehead atoms. The summed E-state index contributed by atoms with van der Waals surface area (Å²) in [6.07, 6.45) is 0.724. The molecular weight excluding hydrogens is 248 g/mol. The van der Waals surface area contributed by atoms with Crippen molar-refractivity contribution >= 4 is 33.5 Å². The molecule has 0 amide bonds. The van der Waals surface area contributed by atoms with Crippen molar-refractivity contribution < 1.29 is 4.79 Å². The lowest BCUT2D eigenvalue weighted by Gasteiger charge is -2.07. The molecule has 13 heavy (non-hydrogen) atoms. The van der Waals surface area contributed by atoms with E-state index < -0.39 is 0 Å². The number of carbonyl (C=O) groups is 1. The van der Waals surface area contributed by atoms with Gasteiger partial charge in [0.15, 0.2) is 5.78 Å². The van der Waals surface area contributed by atoms with Crippen LogP contribution in [0.25, 0.3) is 0 Å². The maximum absolute atomic E-state index is 11.4. The Labute approximate surface area is 90.0 Å². The average Bonchev–Trinajstić information content (AvgIpc) is 2.51. The van der Waals surface area contributed by atoms with Gasteiger partial charge in [-0.3, -0.25) is 4.79 Å². The van der Waals surface area contributed by atoms with E-state index in [-0.39, 0.29) is 5.25 Å². The summed E-state index contributed by atoms with van der Waals surface area (Å²) >= 11 is 5.15. The third kappa shape index (κ3) is 1.97. The zero-order valence-electron chi connectivity index (χ0n) is 7.00. The largest absolute Gasteiger partial charge is 0.298 e. The smallest absolute Gasteiger partial charge is 0.151 e. The van der Waals surface area contributed by atoms with Gasteiger partial charge < -0.3 is 0 Å². The van der Waals surface area contributed by atoms with Gasteiger partial charge in [-0.05, 0) is 17.7 Å².